The van der Waals surface area contributed by atoms with Crippen molar-refractivity contribution in [2.45, 2.75) is 10.8 Å². The van der Waals surface area contributed by atoms with Crippen molar-refractivity contribution in [3.8, 4) is 67.3 Å². The van der Waals surface area contributed by atoms with Gasteiger partial charge in [-0.2, -0.15) is 0 Å². The summed E-state index contributed by atoms with van der Waals surface area (Å²) in [5.41, 5.74) is 33.6. The van der Waals surface area contributed by atoms with E-state index < -0.39 is 10.8 Å². The Kier molecular flexibility index (Phi) is 16.3. The van der Waals surface area contributed by atoms with Crippen LogP contribution in [-0.2, 0) is 10.8 Å². The first kappa shape index (κ1) is 73.4. The lowest BCUT2D eigenvalue weighted by Gasteiger charge is -2.34. The maximum absolute atomic E-state index is 2.54. The molecular formula is C126H80N4. The van der Waals surface area contributed by atoms with E-state index in [0.29, 0.717) is 0 Å². The molecule has 604 valence electrons. The zero-order valence-electron chi connectivity index (χ0n) is 71.0. The Balaban J connectivity index is 0.000000134. The number of hydrogen-bond donors (Lipinski definition) is 0. The molecular weight excluding hydrogens is 1570 g/mol. The van der Waals surface area contributed by atoms with Gasteiger partial charge < -0.3 is 18.3 Å². The smallest absolute Gasteiger partial charge is 0.0714 e. The number of rotatable bonds is 10. The quantitative estimate of drug-likeness (QED) is 0.130. The molecule has 0 amide bonds. The maximum Gasteiger partial charge on any atom is 0.0714 e. The first-order chi connectivity index (χ1) is 64.5. The van der Waals surface area contributed by atoms with Crippen molar-refractivity contribution in [1.82, 2.24) is 18.3 Å². The SMILES string of the molecule is c1ccc(C2(c3ccccc3)c3ccccc3-c3cc4c(cc32)c2cc(-c3ccc5c(c3)c3ccccc3n5-c3cccc5ccccc35)ccc2n4-c2cccc3ccccc23)cc1.c1ccc(C2(c3ccccc3)c3ccccc3-c3cc4c5cc(-c6ccc7c(c6)c6ccccc6n7-c6cccc7ccccc67)ccc5n(-c5cccc6ccccc56)c4cc32)cc1. The number of para-hydroxylation sites is 2. The molecule has 0 fully saturated rings. The lowest BCUT2D eigenvalue weighted by Crippen LogP contribution is -2.28. The minimum Gasteiger partial charge on any atom is -0.309 e. The van der Waals surface area contributed by atoms with E-state index in [0.717, 1.165) is 0 Å². The molecule has 0 N–H and O–H groups in total. The molecule has 130 heavy (non-hydrogen) atoms. The first-order valence-electron chi connectivity index (χ1n) is 45.2. The van der Waals surface area contributed by atoms with Crippen LogP contribution in [-0.4, -0.2) is 18.3 Å². The van der Waals surface area contributed by atoms with Gasteiger partial charge in [-0.3, -0.25) is 0 Å². The van der Waals surface area contributed by atoms with Gasteiger partial charge in [-0.1, -0.05) is 376 Å². The number of aromatic nitrogens is 4. The molecule has 0 bridgehead atoms. The highest BCUT2D eigenvalue weighted by molar-refractivity contribution is 6.19. The Morgan fingerprint density at radius 3 is 0.738 bits per heavy atom. The normalized spacial score (nSPS) is 13.0. The highest BCUT2D eigenvalue weighted by Crippen LogP contribution is 2.60. The van der Waals surface area contributed by atoms with Crippen molar-refractivity contribution < 1.29 is 0 Å². The Hall–Kier alpha value is -16.9. The Morgan fingerprint density at radius 1 is 0.131 bits per heavy atom. The highest BCUT2D eigenvalue weighted by Gasteiger charge is 2.48. The summed E-state index contributed by atoms with van der Waals surface area (Å²) in [5.74, 6) is 0. The van der Waals surface area contributed by atoms with Crippen LogP contribution in [0.4, 0.5) is 0 Å². The van der Waals surface area contributed by atoms with Gasteiger partial charge in [0.25, 0.3) is 0 Å². The monoisotopic (exact) mass is 1650 g/mol. The van der Waals surface area contributed by atoms with Crippen LogP contribution in [0.5, 0.6) is 0 Å². The van der Waals surface area contributed by atoms with Crippen LogP contribution < -0.4 is 0 Å². The van der Waals surface area contributed by atoms with Gasteiger partial charge in [-0.25, -0.2) is 0 Å². The van der Waals surface area contributed by atoms with Crippen molar-refractivity contribution in [3.05, 3.63) is 530 Å². The zero-order valence-corrected chi connectivity index (χ0v) is 71.0. The Labute approximate surface area is 751 Å². The topological polar surface area (TPSA) is 19.7 Å². The summed E-state index contributed by atoms with van der Waals surface area (Å²) in [4.78, 5) is 0. The molecule has 0 spiro atoms. The van der Waals surface area contributed by atoms with Gasteiger partial charge in [0.15, 0.2) is 0 Å². The summed E-state index contributed by atoms with van der Waals surface area (Å²) in [7, 11) is 0. The largest absolute Gasteiger partial charge is 0.309 e. The summed E-state index contributed by atoms with van der Waals surface area (Å²) in [6, 6.07) is 180. The standard InChI is InChI=1S/2C63H40N2/c1-3-21-45(22-4-1)63(46-23-5-2-6-24-46)55-29-13-11-27-49(55)51-40-62-54(39-56(51)63)53-38-44(34-36-61(53)65(62)58-32-16-20-42-18-8-10-26-48(42)58)43-33-35-60-52(37-43)50-28-12-14-30-59(50)64(60)57-31-15-19-41-17-7-9-25-47(41)57;1-3-21-45(22-4-1)63(46-23-5-2-6-24-46)55-29-13-11-27-49(55)51-39-54-53-38-44(34-36-61(53)65(62(54)40-56(51)63)58-32-16-20-42-18-8-10-26-48(42)58)43-33-35-60-52(37-43)50-28-12-14-30-59(50)64(60)57-31-15-19-41-17-7-9-25-47(41)57/h2*1-40H. The summed E-state index contributed by atoms with van der Waals surface area (Å²) >= 11 is 0. The van der Waals surface area contributed by atoms with Gasteiger partial charge in [0.2, 0.25) is 0 Å². The summed E-state index contributed by atoms with van der Waals surface area (Å²) in [5, 5.41) is 19.8. The molecule has 22 aromatic carbocycles. The van der Waals surface area contributed by atoms with E-state index in [1.165, 1.54) is 242 Å². The molecule has 2 aliphatic rings. The van der Waals surface area contributed by atoms with E-state index in [9.17, 15) is 0 Å². The number of benzene rings is 22. The lowest BCUT2D eigenvalue weighted by molar-refractivity contribution is 0.769. The molecule has 4 nitrogen and oxygen atoms in total. The van der Waals surface area contributed by atoms with E-state index in [2.05, 4.69) is 504 Å². The summed E-state index contributed by atoms with van der Waals surface area (Å²) in [6.45, 7) is 0. The maximum atomic E-state index is 2.54. The fourth-order valence-electron chi connectivity index (χ4n) is 23.2. The first-order valence-corrected chi connectivity index (χ1v) is 45.2. The minimum atomic E-state index is -0.505. The van der Waals surface area contributed by atoms with Crippen LogP contribution in [0.1, 0.15) is 44.5 Å². The molecule has 0 saturated carbocycles. The van der Waals surface area contributed by atoms with Crippen molar-refractivity contribution in [3.63, 3.8) is 0 Å². The van der Waals surface area contributed by atoms with Crippen LogP contribution in [0, 0.1) is 0 Å². The van der Waals surface area contributed by atoms with Crippen molar-refractivity contribution in [2.24, 2.45) is 0 Å². The molecule has 26 aromatic rings. The fraction of sp³-hybridized carbons (Fsp3) is 0.0159. The molecule has 0 atom stereocenters. The molecule has 4 aromatic heterocycles. The summed E-state index contributed by atoms with van der Waals surface area (Å²) in [6.07, 6.45) is 0. The average Bonchev–Trinajstić information content (AvgIpc) is 1.52. The molecule has 0 unspecified atom stereocenters. The van der Waals surface area contributed by atoms with Crippen molar-refractivity contribution in [1.29, 1.82) is 0 Å². The highest BCUT2D eigenvalue weighted by atomic mass is 15.0. The third-order valence-corrected chi connectivity index (χ3v) is 28.7. The number of nitrogens with zero attached hydrogens (tertiary/aromatic N) is 4. The number of fused-ring (bicyclic) bond motifs is 22. The zero-order chi connectivity index (χ0) is 85.3. The Bertz CT molecular complexity index is 9070. The van der Waals surface area contributed by atoms with Gasteiger partial charge in [-0.15, -0.1) is 0 Å². The summed E-state index contributed by atoms with van der Waals surface area (Å²) < 4.78 is 9.94. The van der Waals surface area contributed by atoms with Crippen LogP contribution in [0.2, 0.25) is 0 Å². The number of hydrogen-bond acceptors (Lipinski definition) is 0. The third-order valence-electron chi connectivity index (χ3n) is 28.7. The van der Waals surface area contributed by atoms with E-state index in [1.54, 1.807) is 0 Å². The molecule has 0 saturated heterocycles. The van der Waals surface area contributed by atoms with Gasteiger partial charge in [-0.05, 0) is 220 Å². The van der Waals surface area contributed by atoms with Crippen LogP contribution in [0.25, 0.3) is 198 Å². The van der Waals surface area contributed by atoms with E-state index in [4.69, 9.17) is 0 Å². The molecule has 28 rings (SSSR count). The van der Waals surface area contributed by atoms with Gasteiger partial charge >= 0.3 is 0 Å². The van der Waals surface area contributed by atoms with Crippen LogP contribution >= 0.6 is 0 Å². The Morgan fingerprint density at radius 2 is 0.377 bits per heavy atom. The van der Waals surface area contributed by atoms with Crippen molar-refractivity contribution in [2.75, 3.05) is 0 Å². The second-order valence-electron chi connectivity index (χ2n) is 35.2. The second-order valence-corrected chi connectivity index (χ2v) is 35.2. The van der Waals surface area contributed by atoms with E-state index >= 15 is 0 Å². The van der Waals surface area contributed by atoms with Gasteiger partial charge in [0, 0.05) is 64.6 Å². The molecule has 4 heteroatoms. The fourth-order valence-corrected chi connectivity index (χ4v) is 23.2. The molecule has 2 aliphatic carbocycles. The predicted octanol–water partition coefficient (Wildman–Crippen LogP) is 32.4. The van der Waals surface area contributed by atoms with Crippen LogP contribution in [0.15, 0.2) is 485 Å². The predicted molar refractivity (Wildman–Crippen MR) is 546 cm³/mol. The van der Waals surface area contributed by atoms with Crippen LogP contribution in [0.3, 0.4) is 0 Å². The third kappa shape index (κ3) is 10.7. The van der Waals surface area contributed by atoms with Gasteiger partial charge in [0.1, 0.15) is 0 Å². The van der Waals surface area contributed by atoms with Crippen molar-refractivity contribution >= 4 is 130 Å². The molecule has 4 heterocycles. The van der Waals surface area contributed by atoms with E-state index in [1.807, 2.05) is 0 Å². The lowest BCUT2D eigenvalue weighted by atomic mass is 9.67. The molecule has 0 aliphatic heterocycles. The minimum absolute atomic E-state index is 0.503. The van der Waals surface area contributed by atoms with Gasteiger partial charge in [0.05, 0.1) is 77.7 Å². The molecule has 0 radical (unpaired) electrons. The average molecular weight is 1650 g/mol. The second kappa shape index (κ2) is 28.8. The van der Waals surface area contributed by atoms with E-state index in [-0.39, 0.29) is 0 Å².